The third kappa shape index (κ3) is 6.73. The van der Waals surface area contributed by atoms with Crippen molar-refractivity contribution in [1.29, 1.82) is 0 Å². The first-order valence-electron chi connectivity index (χ1n) is 9.91. The molecule has 1 aromatic heterocycles. The fourth-order valence-electron chi connectivity index (χ4n) is 3.00. The Bertz CT molecular complexity index is 1150. The zero-order valence-electron chi connectivity index (χ0n) is 17.9. The van der Waals surface area contributed by atoms with Crippen LogP contribution in [-0.4, -0.2) is 34.1 Å². The van der Waals surface area contributed by atoms with E-state index in [9.17, 15) is 31.4 Å². The molecule has 6 nitrogen and oxygen atoms in total. The molecule has 34 heavy (non-hydrogen) atoms. The highest BCUT2D eigenvalue weighted by Gasteiger charge is 2.33. The van der Waals surface area contributed by atoms with E-state index in [1.165, 1.54) is 37.3 Å². The molecule has 3 aromatic rings. The molecular formula is C22H20F6N4O2. The smallest absolute Gasteiger partial charge is 0.406 e. The number of halogens is 6. The molecule has 0 fully saturated rings. The summed E-state index contributed by atoms with van der Waals surface area (Å²) in [5.74, 6) is -0.381. The molecule has 182 valence electrons. The molecule has 0 aliphatic heterocycles. The molecule has 2 aromatic carbocycles. The lowest BCUT2D eigenvalue weighted by molar-refractivity contribution is -0.274. The van der Waals surface area contributed by atoms with Crippen molar-refractivity contribution < 1.29 is 36.2 Å². The predicted octanol–water partition coefficient (Wildman–Crippen LogP) is 5.91. The van der Waals surface area contributed by atoms with Gasteiger partial charge in [0.1, 0.15) is 11.6 Å². The van der Waals surface area contributed by atoms with Crippen molar-refractivity contribution in [2.45, 2.75) is 32.4 Å². The second-order valence-electron chi connectivity index (χ2n) is 7.42. The van der Waals surface area contributed by atoms with Crippen LogP contribution in [0.1, 0.15) is 18.1 Å². The van der Waals surface area contributed by atoms with Crippen molar-refractivity contribution in [2.75, 3.05) is 17.2 Å². The Morgan fingerprint density at radius 2 is 1.74 bits per heavy atom. The molecule has 1 heterocycles. The minimum atomic E-state index is -4.89. The van der Waals surface area contributed by atoms with Crippen LogP contribution in [0.4, 0.5) is 43.8 Å². The number of benzene rings is 2. The number of anilines is 3. The van der Waals surface area contributed by atoms with Crippen LogP contribution in [0.15, 0.2) is 48.5 Å². The number of aliphatic hydroxyl groups excluding tert-OH is 1. The van der Waals surface area contributed by atoms with Crippen LogP contribution in [0, 0.1) is 6.92 Å². The maximum atomic E-state index is 13.3. The van der Waals surface area contributed by atoms with Gasteiger partial charge in [-0.1, -0.05) is 18.2 Å². The second-order valence-corrected chi connectivity index (χ2v) is 7.42. The van der Waals surface area contributed by atoms with Gasteiger partial charge in [-0.3, -0.25) is 0 Å². The summed E-state index contributed by atoms with van der Waals surface area (Å²) < 4.78 is 81.6. The van der Waals surface area contributed by atoms with Crippen molar-refractivity contribution in [2.24, 2.45) is 0 Å². The largest absolute Gasteiger partial charge is 0.573 e. The Hall–Kier alpha value is -3.54. The molecule has 0 radical (unpaired) electrons. The van der Waals surface area contributed by atoms with E-state index in [-0.39, 0.29) is 40.9 Å². The quantitative estimate of drug-likeness (QED) is 0.361. The normalized spacial score (nSPS) is 12.9. The Kier molecular flexibility index (Phi) is 7.20. The van der Waals surface area contributed by atoms with Crippen molar-refractivity contribution in [3.63, 3.8) is 0 Å². The van der Waals surface area contributed by atoms with Gasteiger partial charge in [0.05, 0.1) is 17.9 Å². The van der Waals surface area contributed by atoms with E-state index < -0.39 is 29.9 Å². The molecule has 0 amide bonds. The maximum absolute atomic E-state index is 13.3. The summed E-state index contributed by atoms with van der Waals surface area (Å²) in [7, 11) is 0. The summed E-state index contributed by atoms with van der Waals surface area (Å²) in [4.78, 5) is 8.45. The number of alkyl halides is 6. The van der Waals surface area contributed by atoms with Gasteiger partial charge in [0.2, 0.25) is 5.95 Å². The molecule has 0 aliphatic rings. The third-order valence-electron chi connectivity index (χ3n) is 4.55. The van der Waals surface area contributed by atoms with Crippen LogP contribution in [0.2, 0.25) is 0 Å². The third-order valence-corrected chi connectivity index (χ3v) is 4.55. The average molecular weight is 486 g/mol. The van der Waals surface area contributed by atoms with Crippen LogP contribution in [0.25, 0.3) is 11.3 Å². The van der Waals surface area contributed by atoms with Gasteiger partial charge in [-0.15, -0.1) is 13.2 Å². The van der Waals surface area contributed by atoms with Crippen molar-refractivity contribution in [3.05, 3.63) is 59.7 Å². The van der Waals surface area contributed by atoms with Gasteiger partial charge in [-0.05, 0) is 43.7 Å². The zero-order chi connectivity index (χ0) is 25.1. The number of aromatic nitrogens is 2. The van der Waals surface area contributed by atoms with Crippen molar-refractivity contribution >= 4 is 17.5 Å². The average Bonchev–Trinajstić information content (AvgIpc) is 2.73. The standard InChI is InChI=1S/C22H20F6N4O2/c1-12-6-7-15(9-17(12)21(23,24)25)30-19-10-18(31-20(32-19)29-13(2)11-33)14-4-3-5-16(8-14)34-22(26,27)28/h3-10,13,33H,11H2,1-2H3,(H2,29,30,31,32)/t13-/m0/s1. The molecule has 3 rings (SSSR count). The van der Waals surface area contributed by atoms with E-state index in [1.807, 2.05) is 0 Å². The predicted molar refractivity (Wildman–Crippen MR) is 114 cm³/mol. The highest BCUT2D eigenvalue weighted by Crippen LogP contribution is 2.34. The first-order chi connectivity index (χ1) is 15.8. The molecule has 0 spiro atoms. The zero-order valence-corrected chi connectivity index (χ0v) is 17.9. The molecule has 12 heteroatoms. The number of hydrogen-bond donors (Lipinski definition) is 3. The van der Waals surface area contributed by atoms with Crippen LogP contribution in [0.3, 0.4) is 0 Å². The highest BCUT2D eigenvalue weighted by molar-refractivity contribution is 5.69. The van der Waals surface area contributed by atoms with Gasteiger partial charge in [0.15, 0.2) is 0 Å². The summed E-state index contributed by atoms with van der Waals surface area (Å²) in [5, 5.41) is 14.9. The Morgan fingerprint density at radius 3 is 2.38 bits per heavy atom. The molecule has 0 unspecified atom stereocenters. The first kappa shape index (κ1) is 25.1. The van der Waals surface area contributed by atoms with E-state index in [4.69, 9.17) is 0 Å². The lowest BCUT2D eigenvalue weighted by atomic mass is 10.1. The van der Waals surface area contributed by atoms with Crippen LogP contribution >= 0.6 is 0 Å². The second kappa shape index (κ2) is 9.75. The van der Waals surface area contributed by atoms with E-state index in [0.29, 0.717) is 0 Å². The van der Waals surface area contributed by atoms with Gasteiger partial charge in [0.25, 0.3) is 0 Å². The summed E-state index contributed by atoms with van der Waals surface area (Å²) in [6.45, 7) is 2.71. The molecule has 0 saturated heterocycles. The van der Waals surface area contributed by atoms with E-state index >= 15 is 0 Å². The number of nitrogens with one attached hydrogen (secondary N) is 2. The van der Waals surface area contributed by atoms with Gasteiger partial charge in [-0.2, -0.15) is 18.2 Å². The molecule has 1 atom stereocenters. The SMILES string of the molecule is Cc1ccc(Nc2cc(-c3cccc(OC(F)(F)F)c3)nc(N[C@@H](C)CO)n2)cc1C(F)(F)F. The fourth-order valence-corrected chi connectivity index (χ4v) is 3.00. The Labute approximate surface area is 190 Å². The van der Waals surface area contributed by atoms with Gasteiger partial charge in [-0.25, -0.2) is 4.98 Å². The van der Waals surface area contributed by atoms with Gasteiger partial charge < -0.3 is 20.5 Å². The number of rotatable bonds is 7. The van der Waals surface area contributed by atoms with E-state index in [0.717, 1.165) is 18.2 Å². The Balaban J connectivity index is 2.01. The molecule has 0 saturated carbocycles. The van der Waals surface area contributed by atoms with Crippen LogP contribution in [0.5, 0.6) is 5.75 Å². The highest BCUT2D eigenvalue weighted by atomic mass is 19.4. The number of aryl methyl sites for hydroxylation is 1. The Morgan fingerprint density at radius 1 is 1.00 bits per heavy atom. The minimum Gasteiger partial charge on any atom is -0.406 e. The fraction of sp³-hybridized carbons (Fsp3) is 0.273. The molecule has 3 N–H and O–H groups in total. The number of hydrogen-bond acceptors (Lipinski definition) is 6. The van der Waals surface area contributed by atoms with E-state index in [2.05, 4.69) is 25.3 Å². The first-order valence-corrected chi connectivity index (χ1v) is 9.91. The number of nitrogens with zero attached hydrogens (tertiary/aromatic N) is 2. The summed E-state index contributed by atoms with van der Waals surface area (Å²) >= 11 is 0. The molecule has 0 aliphatic carbocycles. The molecule has 0 bridgehead atoms. The lowest BCUT2D eigenvalue weighted by Gasteiger charge is -2.16. The van der Waals surface area contributed by atoms with Crippen molar-refractivity contribution in [1.82, 2.24) is 9.97 Å². The van der Waals surface area contributed by atoms with Crippen LogP contribution in [-0.2, 0) is 6.18 Å². The van der Waals surface area contributed by atoms with Gasteiger partial charge >= 0.3 is 12.5 Å². The van der Waals surface area contributed by atoms with E-state index in [1.54, 1.807) is 6.92 Å². The monoisotopic (exact) mass is 486 g/mol. The summed E-state index contributed by atoms with van der Waals surface area (Å²) in [5.41, 5.74) is -0.274. The summed E-state index contributed by atoms with van der Waals surface area (Å²) in [6, 6.07) is 9.63. The lowest BCUT2D eigenvalue weighted by Crippen LogP contribution is -2.21. The topological polar surface area (TPSA) is 79.3 Å². The summed E-state index contributed by atoms with van der Waals surface area (Å²) in [6.07, 6.45) is -9.44. The van der Waals surface area contributed by atoms with Crippen molar-refractivity contribution in [3.8, 4) is 17.0 Å². The number of aliphatic hydroxyl groups is 1. The van der Waals surface area contributed by atoms with Gasteiger partial charge in [0, 0.05) is 23.4 Å². The molecular weight excluding hydrogens is 466 g/mol. The maximum Gasteiger partial charge on any atom is 0.573 e. The minimum absolute atomic E-state index is 0.00634. The van der Waals surface area contributed by atoms with Crippen LogP contribution < -0.4 is 15.4 Å². The number of ether oxygens (including phenoxy) is 1.